The van der Waals surface area contributed by atoms with Crippen LogP contribution in [-0.2, 0) is 0 Å². The van der Waals surface area contributed by atoms with Crippen molar-refractivity contribution >= 4 is 24.1 Å². The molecule has 0 radical (unpaired) electrons. The second-order valence-electron chi connectivity index (χ2n) is 2.28. The van der Waals surface area contributed by atoms with E-state index in [1.54, 1.807) is 23.7 Å². The number of guanidine groups is 1. The summed E-state index contributed by atoms with van der Waals surface area (Å²) in [6, 6.07) is 7.10. The first-order valence-corrected chi connectivity index (χ1v) is 3.65. The van der Waals surface area contributed by atoms with Crippen molar-refractivity contribution in [2.75, 3.05) is 7.11 Å². The molecular formula is C8H12ClN3O2. The number of hydroxylamine groups is 1. The number of nitrogens with zero attached hydrogens (tertiary/aromatic N) is 1. The Balaban J connectivity index is 0.00000169. The van der Waals surface area contributed by atoms with E-state index in [2.05, 4.69) is 4.99 Å². The molecule has 1 aromatic rings. The molecule has 0 aliphatic rings. The average molecular weight is 218 g/mol. The second kappa shape index (κ2) is 6.06. The van der Waals surface area contributed by atoms with Crippen LogP contribution in [0.1, 0.15) is 0 Å². The first-order valence-electron chi connectivity index (χ1n) is 3.65. The van der Waals surface area contributed by atoms with Gasteiger partial charge in [-0.15, -0.1) is 12.4 Å². The van der Waals surface area contributed by atoms with Gasteiger partial charge in [0.1, 0.15) is 11.4 Å². The lowest BCUT2D eigenvalue weighted by Gasteiger charge is -2.03. The monoisotopic (exact) mass is 217 g/mol. The fourth-order valence-corrected chi connectivity index (χ4v) is 0.877. The Bertz CT molecular complexity index is 317. The van der Waals surface area contributed by atoms with E-state index in [-0.39, 0.29) is 18.4 Å². The van der Waals surface area contributed by atoms with Gasteiger partial charge in [0.2, 0.25) is 5.96 Å². The van der Waals surface area contributed by atoms with Crippen molar-refractivity contribution in [3.05, 3.63) is 24.3 Å². The predicted molar refractivity (Wildman–Crippen MR) is 56.4 cm³/mol. The van der Waals surface area contributed by atoms with Gasteiger partial charge in [0.15, 0.2) is 0 Å². The van der Waals surface area contributed by atoms with Crippen LogP contribution in [0.5, 0.6) is 5.75 Å². The molecule has 14 heavy (non-hydrogen) atoms. The van der Waals surface area contributed by atoms with Crippen LogP contribution >= 0.6 is 12.4 Å². The maximum absolute atomic E-state index is 8.41. The van der Waals surface area contributed by atoms with Crippen LogP contribution in [0.3, 0.4) is 0 Å². The first-order chi connectivity index (χ1) is 6.27. The largest absolute Gasteiger partial charge is 0.494 e. The molecule has 0 amide bonds. The summed E-state index contributed by atoms with van der Waals surface area (Å²) in [7, 11) is 1.54. The number of benzene rings is 1. The summed E-state index contributed by atoms with van der Waals surface area (Å²) in [6.45, 7) is 0. The third-order valence-electron chi connectivity index (χ3n) is 1.44. The molecule has 1 rings (SSSR count). The Kier molecular flexibility index (Phi) is 5.43. The van der Waals surface area contributed by atoms with Gasteiger partial charge in [0, 0.05) is 0 Å². The number of hydrogen-bond donors (Lipinski definition) is 3. The van der Waals surface area contributed by atoms with Crippen molar-refractivity contribution in [1.29, 1.82) is 0 Å². The van der Waals surface area contributed by atoms with E-state index in [4.69, 9.17) is 15.7 Å². The van der Waals surface area contributed by atoms with Gasteiger partial charge in [-0.25, -0.2) is 10.5 Å². The number of nitrogens with one attached hydrogen (secondary N) is 1. The Morgan fingerprint density at radius 2 is 2.14 bits per heavy atom. The smallest absolute Gasteiger partial charge is 0.218 e. The van der Waals surface area contributed by atoms with Crippen LogP contribution in [0.15, 0.2) is 29.3 Å². The summed E-state index contributed by atoms with van der Waals surface area (Å²) in [5.41, 5.74) is 7.56. The van der Waals surface area contributed by atoms with Gasteiger partial charge >= 0.3 is 0 Å². The third kappa shape index (κ3) is 3.12. The molecule has 0 atom stereocenters. The number of aliphatic imine (C=N–C) groups is 1. The van der Waals surface area contributed by atoms with E-state index in [0.29, 0.717) is 11.4 Å². The van der Waals surface area contributed by atoms with E-state index < -0.39 is 0 Å². The molecule has 0 fully saturated rings. The van der Waals surface area contributed by atoms with Gasteiger partial charge in [0.25, 0.3) is 0 Å². The van der Waals surface area contributed by atoms with Crippen molar-refractivity contribution in [1.82, 2.24) is 5.48 Å². The lowest BCUT2D eigenvalue weighted by atomic mass is 10.3. The number of para-hydroxylation sites is 2. The SMILES string of the molecule is COc1ccccc1N=C(N)NO.Cl. The van der Waals surface area contributed by atoms with Gasteiger partial charge < -0.3 is 10.5 Å². The third-order valence-corrected chi connectivity index (χ3v) is 1.44. The summed E-state index contributed by atoms with van der Waals surface area (Å²) in [4.78, 5) is 3.86. The van der Waals surface area contributed by atoms with Crippen molar-refractivity contribution < 1.29 is 9.94 Å². The molecule has 0 aromatic heterocycles. The van der Waals surface area contributed by atoms with E-state index in [1.165, 1.54) is 7.11 Å². The summed E-state index contributed by atoms with van der Waals surface area (Å²) in [6.07, 6.45) is 0. The fraction of sp³-hybridized carbons (Fsp3) is 0.125. The molecule has 4 N–H and O–H groups in total. The molecule has 0 saturated heterocycles. The molecule has 0 aliphatic carbocycles. The minimum absolute atomic E-state index is 0. The number of nitrogens with two attached hydrogens (primary N) is 1. The first kappa shape index (κ1) is 12.5. The maximum atomic E-state index is 8.41. The fourth-order valence-electron chi connectivity index (χ4n) is 0.877. The van der Waals surface area contributed by atoms with Gasteiger partial charge in [-0.1, -0.05) is 12.1 Å². The van der Waals surface area contributed by atoms with Gasteiger partial charge in [-0.3, -0.25) is 5.21 Å². The Morgan fingerprint density at radius 3 is 2.71 bits per heavy atom. The predicted octanol–water partition coefficient (Wildman–Crippen LogP) is 1.04. The van der Waals surface area contributed by atoms with Crippen LogP contribution in [0.25, 0.3) is 0 Å². The maximum Gasteiger partial charge on any atom is 0.218 e. The molecule has 5 nitrogen and oxygen atoms in total. The number of ether oxygens (including phenoxy) is 1. The van der Waals surface area contributed by atoms with Crippen LogP contribution in [0.4, 0.5) is 5.69 Å². The van der Waals surface area contributed by atoms with Crippen molar-refractivity contribution in [2.45, 2.75) is 0 Å². The summed E-state index contributed by atoms with van der Waals surface area (Å²) in [5.74, 6) is 0.519. The molecule has 0 saturated carbocycles. The van der Waals surface area contributed by atoms with E-state index in [1.807, 2.05) is 6.07 Å². The Labute approximate surface area is 88.0 Å². The highest BCUT2D eigenvalue weighted by Crippen LogP contribution is 2.25. The zero-order valence-corrected chi connectivity index (χ0v) is 8.41. The van der Waals surface area contributed by atoms with Gasteiger partial charge in [-0.2, -0.15) is 0 Å². The topological polar surface area (TPSA) is 79.9 Å². The highest BCUT2D eigenvalue weighted by molar-refractivity contribution is 5.85. The lowest BCUT2D eigenvalue weighted by molar-refractivity contribution is 0.233. The minimum atomic E-state index is -0.0792. The van der Waals surface area contributed by atoms with Crippen molar-refractivity contribution in [3.63, 3.8) is 0 Å². The molecule has 0 heterocycles. The van der Waals surface area contributed by atoms with Crippen LogP contribution in [0.2, 0.25) is 0 Å². The number of rotatable bonds is 2. The number of methoxy groups -OCH3 is 1. The molecule has 0 aliphatic heterocycles. The molecule has 1 aromatic carbocycles. The zero-order chi connectivity index (χ0) is 9.68. The summed E-state index contributed by atoms with van der Waals surface area (Å²) >= 11 is 0. The van der Waals surface area contributed by atoms with E-state index >= 15 is 0 Å². The molecule has 6 heteroatoms. The average Bonchev–Trinajstić information content (AvgIpc) is 2.18. The van der Waals surface area contributed by atoms with E-state index in [9.17, 15) is 0 Å². The standard InChI is InChI=1S/C8H11N3O2.ClH/c1-13-7-5-3-2-4-6(7)10-8(9)11-12;/h2-5,12H,1H3,(H3,9,10,11);1H. The zero-order valence-electron chi connectivity index (χ0n) is 7.60. The molecule has 0 bridgehead atoms. The highest BCUT2D eigenvalue weighted by atomic mass is 35.5. The van der Waals surface area contributed by atoms with Crippen molar-refractivity contribution in [2.24, 2.45) is 10.7 Å². The molecule has 78 valence electrons. The minimum Gasteiger partial charge on any atom is -0.494 e. The lowest BCUT2D eigenvalue weighted by Crippen LogP contribution is -2.27. The highest BCUT2D eigenvalue weighted by Gasteiger charge is 1.99. The normalized spacial score (nSPS) is 10.3. The quantitative estimate of drug-likeness (QED) is 0.393. The Morgan fingerprint density at radius 1 is 1.50 bits per heavy atom. The van der Waals surface area contributed by atoms with E-state index in [0.717, 1.165) is 0 Å². The Hall–Kier alpha value is -1.46. The second-order valence-corrected chi connectivity index (χ2v) is 2.28. The van der Waals surface area contributed by atoms with Crippen LogP contribution in [-0.4, -0.2) is 18.3 Å². The summed E-state index contributed by atoms with van der Waals surface area (Å²) in [5, 5.41) is 8.41. The number of hydrogen-bond acceptors (Lipinski definition) is 3. The van der Waals surface area contributed by atoms with Crippen molar-refractivity contribution in [3.8, 4) is 5.75 Å². The van der Waals surface area contributed by atoms with Crippen LogP contribution in [0, 0.1) is 0 Å². The summed E-state index contributed by atoms with van der Waals surface area (Å²) < 4.78 is 5.02. The molecule has 0 spiro atoms. The number of halogens is 1. The molecule has 0 unspecified atom stereocenters. The van der Waals surface area contributed by atoms with Gasteiger partial charge in [-0.05, 0) is 12.1 Å². The van der Waals surface area contributed by atoms with Crippen LogP contribution < -0.4 is 16.0 Å². The van der Waals surface area contributed by atoms with Gasteiger partial charge in [0.05, 0.1) is 7.11 Å². The molecular weight excluding hydrogens is 206 g/mol.